The van der Waals surface area contributed by atoms with Crippen molar-refractivity contribution in [2.75, 3.05) is 6.61 Å². The molecule has 0 aromatic carbocycles. The number of nitrogens with zero attached hydrogens (tertiary/aromatic N) is 2. The van der Waals surface area contributed by atoms with Crippen molar-refractivity contribution in [1.82, 2.24) is 10.3 Å². The molecule has 0 aliphatic rings. The van der Waals surface area contributed by atoms with Crippen molar-refractivity contribution in [3.63, 3.8) is 0 Å². The monoisotopic (exact) mass is 281 g/mol. The van der Waals surface area contributed by atoms with Gasteiger partial charge in [0.1, 0.15) is 0 Å². The summed E-state index contributed by atoms with van der Waals surface area (Å²) < 4.78 is 0. The predicted molar refractivity (Wildman–Crippen MR) is 77.6 cm³/mol. The fourth-order valence-electron chi connectivity index (χ4n) is 2.16. The Labute approximate surface area is 119 Å². The molecular weight excluding hydrogens is 258 g/mol. The molecule has 1 unspecified atom stereocenters. The fourth-order valence-corrected chi connectivity index (χ4v) is 2.16. The van der Waals surface area contributed by atoms with Gasteiger partial charge in [-0.1, -0.05) is 6.92 Å². The molecule has 0 saturated heterocycles. The first-order valence-corrected chi connectivity index (χ1v) is 6.80. The highest BCUT2D eigenvalue weighted by atomic mass is 16.6. The molecule has 1 aromatic rings. The number of nitro groups is 1. The molecule has 1 rings (SSSR count). The number of nitrogens with one attached hydrogen (secondary N) is 1. The maximum absolute atomic E-state index is 11.1. The minimum absolute atomic E-state index is 0.109. The minimum atomic E-state index is -0.359. The van der Waals surface area contributed by atoms with E-state index in [0.717, 1.165) is 6.42 Å². The number of pyridine rings is 1. The molecule has 6 heteroatoms. The first-order valence-electron chi connectivity index (χ1n) is 6.80. The van der Waals surface area contributed by atoms with Crippen molar-refractivity contribution in [1.29, 1.82) is 0 Å². The van der Waals surface area contributed by atoms with Crippen molar-refractivity contribution in [3.05, 3.63) is 33.1 Å². The molecular formula is C14H23N3O3. The predicted octanol–water partition coefficient (Wildman–Crippen LogP) is 2.25. The fraction of sp³-hybridized carbons (Fsp3) is 0.643. The first kappa shape index (κ1) is 16.5. The van der Waals surface area contributed by atoms with Gasteiger partial charge in [0.25, 0.3) is 5.69 Å². The van der Waals surface area contributed by atoms with Gasteiger partial charge in [-0.15, -0.1) is 0 Å². The standard InChI is InChI=1S/C14H23N3O3/c1-5-14(4,6-7-18)16-9-12-11(3)13(17(19)20)10(2)8-15-12/h8,16,18H,5-7,9H2,1-4H3. The smallest absolute Gasteiger partial charge is 0.278 e. The third-order valence-electron chi connectivity index (χ3n) is 3.88. The Morgan fingerprint density at radius 3 is 2.65 bits per heavy atom. The van der Waals surface area contributed by atoms with E-state index in [9.17, 15) is 10.1 Å². The van der Waals surface area contributed by atoms with Gasteiger partial charge in [-0.3, -0.25) is 15.1 Å². The lowest BCUT2D eigenvalue weighted by Gasteiger charge is -2.29. The number of hydrogen-bond donors (Lipinski definition) is 2. The third-order valence-corrected chi connectivity index (χ3v) is 3.88. The van der Waals surface area contributed by atoms with Crippen molar-refractivity contribution >= 4 is 5.69 Å². The Morgan fingerprint density at radius 2 is 2.15 bits per heavy atom. The van der Waals surface area contributed by atoms with Crippen molar-refractivity contribution < 1.29 is 10.0 Å². The van der Waals surface area contributed by atoms with Crippen LogP contribution < -0.4 is 5.32 Å². The minimum Gasteiger partial charge on any atom is -0.396 e. The lowest BCUT2D eigenvalue weighted by Crippen LogP contribution is -2.42. The van der Waals surface area contributed by atoms with Gasteiger partial charge in [0.2, 0.25) is 0 Å². The number of aromatic nitrogens is 1. The molecule has 0 radical (unpaired) electrons. The van der Waals surface area contributed by atoms with Gasteiger partial charge in [0, 0.05) is 36.0 Å². The number of rotatable bonds is 7. The van der Waals surface area contributed by atoms with E-state index in [1.165, 1.54) is 6.20 Å². The van der Waals surface area contributed by atoms with Gasteiger partial charge in [-0.25, -0.2) is 0 Å². The second kappa shape index (κ2) is 6.76. The lowest BCUT2D eigenvalue weighted by atomic mass is 9.94. The van der Waals surface area contributed by atoms with Gasteiger partial charge in [0.15, 0.2) is 0 Å². The highest BCUT2D eigenvalue weighted by Crippen LogP contribution is 2.24. The third kappa shape index (κ3) is 3.74. The average Bonchev–Trinajstić information content (AvgIpc) is 2.38. The van der Waals surface area contributed by atoms with E-state index < -0.39 is 0 Å². The van der Waals surface area contributed by atoms with Crippen LogP contribution in [-0.2, 0) is 6.54 Å². The summed E-state index contributed by atoms with van der Waals surface area (Å²) in [5.74, 6) is 0. The molecule has 1 aromatic heterocycles. The Kier molecular flexibility index (Phi) is 5.59. The van der Waals surface area contributed by atoms with Gasteiger partial charge in [-0.05, 0) is 33.6 Å². The molecule has 0 saturated carbocycles. The molecule has 0 fully saturated rings. The second-order valence-electron chi connectivity index (χ2n) is 5.36. The number of hydrogen-bond acceptors (Lipinski definition) is 5. The van der Waals surface area contributed by atoms with Gasteiger partial charge < -0.3 is 10.4 Å². The maximum atomic E-state index is 11.1. The van der Waals surface area contributed by atoms with Crippen LogP contribution in [0.4, 0.5) is 5.69 Å². The highest BCUT2D eigenvalue weighted by molar-refractivity contribution is 5.47. The Balaban J connectivity index is 2.94. The molecule has 1 heterocycles. The molecule has 6 nitrogen and oxygen atoms in total. The van der Waals surface area contributed by atoms with Crippen LogP contribution >= 0.6 is 0 Å². The zero-order valence-corrected chi connectivity index (χ0v) is 12.6. The summed E-state index contributed by atoms with van der Waals surface area (Å²) in [5, 5.41) is 23.5. The van der Waals surface area contributed by atoms with Crippen molar-refractivity contribution in [2.45, 2.75) is 52.6 Å². The van der Waals surface area contributed by atoms with Crippen LogP contribution in [0.5, 0.6) is 0 Å². The average molecular weight is 281 g/mol. The van der Waals surface area contributed by atoms with Gasteiger partial charge in [0.05, 0.1) is 10.6 Å². The molecule has 0 spiro atoms. The Bertz CT molecular complexity index is 491. The van der Waals surface area contributed by atoms with E-state index in [-0.39, 0.29) is 22.8 Å². The van der Waals surface area contributed by atoms with Crippen LogP contribution in [0.1, 0.15) is 43.5 Å². The quantitative estimate of drug-likeness (QED) is 0.591. The lowest BCUT2D eigenvalue weighted by molar-refractivity contribution is -0.386. The normalized spacial score (nSPS) is 14.1. The molecule has 0 amide bonds. The summed E-state index contributed by atoms with van der Waals surface area (Å²) in [7, 11) is 0. The summed E-state index contributed by atoms with van der Waals surface area (Å²) in [4.78, 5) is 15.0. The first-order chi connectivity index (χ1) is 9.34. The van der Waals surface area contributed by atoms with Crippen LogP contribution in [0.3, 0.4) is 0 Å². The van der Waals surface area contributed by atoms with E-state index >= 15 is 0 Å². The van der Waals surface area contributed by atoms with E-state index in [1.54, 1.807) is 13.8 Å². The van der Waals surface area contributed by atoms with E-state index in [0.29, 0.717) is 29.8 Å². The maximum Gasteiger partial charge on any atom is 0.278 e. The van der Waals surface area contributed by atoms with Crippen LogP contribution in [0.2, 0.25) is 0 Å². The summed E-state index contributed by atoms with van der Waals surface area (Å²) in [6.07, 6.45) is 3.04. The summed E-state index contributed by atoms with van der Waals surface area (Å²) in [6.45, 7) is 8.05. The van der Waals surface area contributed by atoms with Gasteiger partial charge >= 0.3 is 0 Å². The highest BCUT2D eigenvalue weighted by Gasteiger charge is 2.23. The van der Waals surface area contributed by atoms with Crippen LogP contribution in [0.15, 0.2) is 6.20 Å². The molecule has 0 aliphatic heterocycles. The number of aryl methyl sites for hydroxylation is 1. The number of aliphatic hydroxyl groups is 1. The van der Waals surface area contributed by atoms with Crippen molar-refractivity contribution in [3.8, 4) is 0 Å². The molecule has 1 atom stereocenters. The Morgan fingerprint density at radius 1 is 1.50 bits per heavy atom. The van der Waals surface area contributed by atoms with E-state index in [2.05, 4.69) is 10.3 Å². The zero-order valence-electron chi connectivity index (χ0n) is 12.6. The largest absolute Gasteiger partial charge is 0.396 e. The van der Waals surface area contributed by atoms with Crippen molar-refractivity contribution in [2.24, 2.45) is 0 Å². The second-order valence-corrected chi connectivity index (χ2v) is 5.36. The van der Waals surface area contributed by atoms with Gasteiger partial charge in [-0.2, -0.15) is 0 Å². The summed E-state index contributed by atoms with van der Waals surface area (Å²) >= 11 is 0. The molecule has 0 bridgehead atoms. The van der Waals surface area contributed by atoms with E-state index in [1.807, 2.05) is 13.8 Å². The molecule has 20 heavy (non-hydrogen) atoms. The summed E-state index contributed by atoms with van der Waals surface area (Å²) in [5.41, 5.74) is 1.80. The number of aliphatic hydroxyl groups excluding tert-OH is 1. The summed E-state index contributed by atoms with van der Waals surface area (Å²) in [6, 6.07) is 0. The molecule has 0 aliphatic carbocycles. The SMILES string of the molecule is CCC(C)(CCO)NCc1ncc(C)c([N+](=O)[O-])c1C. The topological polar surface area (TPSA) is 88.3 Å². The van der Waals surface area contributed by atoms with Crippen LogP contribution in [-0.4, -0.2) is 27.2 Å². The van der Waals surface area contributed by atoms with Crippen LogP contribution in [0.25, 0.3) is 0 Å². The van der Waals surface area contributed by atoms with Crippen LogP contribution in [0, 0.1) is 24.0 Å². The van der Waals surface area contributed by atoms with E-state index in [4.69, 9.17) is 5.11 Å². The Hall–Kier alpha value is -1.53. The molecule has 2 N–H and O–H groups in total. The zero-order chi connectivity index (χ0) is 15.3. The molecule has 112 valence electrons.